The number of aromatic nitrogens is 7. The maximum absolute atomic E-state index is 15.0. The number of rotatable bonds is 3. The fourth-order valence-electron chi connectivity index (χ4n) is 3.88. The van der Waals surface area contributed by atoms with Gasteiger partial charge in [0.25, 0.3) is 0 Å². The van der Waals surface area contributed by atoms with Crippen LogP contribution in [0.3, 0.4) is 0 Å². The zero-order valence-electron chi connectivity index (χ0n) is 16.8. The molecule has 156 valence electrons. The van der Waals surface area contributed by atoms with Gasteiger partial charge >= 0.3 is 0 Å². The number of nitrogens with zero attached hydrogens (tertiary/aromatic N) is 6. The van der Waals surface area contributed by atoms with Gasteiger partial charge in [-0.25, -0.2) is 18.1 Å². The van der Waals surface area contributed by atoms with E-state index in [1.165, 1.54) is 16.8 Å². The molecular weight excluding hydrogens is 412 g/mol. The Bertz CT molecular complexity index is 1630. The lowest BCUT2D eigenvalue weighted by molar-refractivity contribution is 0.611. The van der Waals surface area contributed by atoms with E-state index in [4.69, 9.17) is 0 Å². The zero-order chi connectivity index (χ0) is 21.8. The molecule has 3 heterocycles. The summed E-state index contributed by atoms with van der Waals surface area (Å²) in [5.74, 6) is -0.939. The molecule has 3 aromatic carbocycles. The molecule has 0 atom stereocenters. The fraction of sp³-hybridized carbons (Fsp3) is 0.0435. The molecule has 6 rings (SSSR count). The maximum atomic E-state index is 15.0. The van der Waals surface area contributed by atoms with Crippen LogP contribution in [0, 0.1) is 18.6 Å². The van der Waals surface area contributed by atoms with Crippen LogP contribution in [-0.4, -0.2) is 35.0 Å². The Morgan fingerprint density at radius 3 is 2.72 bits per heavy atom. The van der Waals surface area contributed by atoms with E-state index >= 15 is 4.39 Å². The number of nitrogens with one attached hydrogen (secondary N) is 1. The van der Waals surface area contributed by atoms with Crippen molar-refractivity contribution >= 4 is 21.9 Å². The van der Waals surface area contributed by atoms with Gasteiger partial charge < -0.3 is 0 Å². The van der Waals surface area contributed by atoms with E-state index in [2.05, 4.69) is 25.6 Å². The molecule has 0 amide bonds. The van der Waals surface area contributed by atoms with E-state index < -0.39 is 11.6 Å². The number of halogens is 2. The van der Waals surface area contributed by atoms with Crippen molar-refractivity contribution in [3.8, 4) is 22.6 Å². The predicted molar refractivity (Wildman–Crippen MR) is 116 cm³/mol. The van der Waals surface area contributed by atoms with E-state index in [1.54, 1.807) is 41.3 Å². The normalized spacial score (nSPS) is 11.6. The lowest BCUT2D eigenvalue weighted by atomic mass is 10.1. The highest BCUT2D eigenvalue weighted by Gasteiger charge is 2.17. The average molecular weight is 427 g/mol. The standard InChI is InChI=1S/C23H15F2N7/c1-13-2-5-17(24)21(8-13)32-20(6-7-27-32)15-9-18(25)23-22(10-15)31(30-29-23)16-4-3-14-12-26-28-19(14)11-16/h2-12H,1H3,(H,26,28). The number of hydrogen-bond donors (Lipinski definition) is 1. The molecule has 0 radical (unpaired) electrons. The van der Waals surface area contributed by atoms with E-state index in [-0.39, 0.29) is 5.52 Å². The van der Waals surface area contributed by atoms with Gasteiger partial charge in [-0.15, -0.1) is 5.10 Å². The molecule has 0 spiro atoms. The number of aromatic amines is 1. The van der Waals surface area contributed by atoms with Crippen molar-refractivity contribution in [3.63, 3.8) is 0 Å². The molecule has 0 fully saturated rings. The van der Waals surface area contributed by atoms with Gasteiger partial charge in [0.1, 0.15) is 17.0 Å². The Morgan fingerprint density at radius 1 is 0.906 bits per heavy atom. The lowest BCUT2D eigenvalue weighted by Crippen LogP contribution is -2.03. The van der Waals surface area contributed by atoms with Crippen LogP contribution < -0.4 is 0 Å². The quantitative estimate of drug-likeness (QED) is 0.443. The van der Waals surface area contributed by atoms with Gasteiger partial charge in [-0.3, -0.25) is 5.10 Å². The van der Waals surface area contributed by atoms with Crippen LogP contribution in [0.5, 0.6) is 0 Å². The molecule has 9 heteroatoms. The molecule has 0 bridgehead atoms. The van der Waals surface area contributed by atoms with Gasteiger partial charge in [-0.1, -0.05) is 11.3 Å². The number of hydrogen-bond acceptors (Lipinski definition) is 4. The van der Waals surface area contributed by atoms with Crippen molar-refractivity contribution in [2.24, 2.45) is 0 Å². The molecule has 0 saturated carbocycles. The summed E-state index contributed by atoms with van der Waals surface area (Å²) in [5, 5.41) is 20.4. The number of H-pyrrole nitrogens is 1. The fourth-order valence-corrected chi connectivity index (χ4v) is 3.88. The first-order valence-corrected chi connectivity index (χ1v) is 9.88. The number of aryl methyl sites for hydroxylation is 1. The van der Waals surface area contributed by atoms with Gasteiger partial charge in [0, 0.05) is 10.9 Å². The second-order valence-electron chi connectivity index (χ2n) is 7.55. The molecule has 7 nitrogen and oxygen atoms in total. The molecule has 32 heavy (non-hydrogen) atoms. The first kappa shape index (κ1) is 18.4. The van der Waals surface area contributed by atoms with Crippen molar-refractivity contribution in [1.82, 2.24) is 35.0 Å². The molecule has 3 aromatic heterocycles. The highest BCUT2D eigenvalue weighted by atomic mass is 19.1. The molecule has 0 aliphatic heterocycles. The largest absolute Gasteiger partial charge is 0.278 e. The predicted octanol–water partition coefficient (Wildman–Crippen LogP) is 4.74. The van der Waals surface area contributed by atoms with Crippen LogP contribution in [0.2, 0.25) is 0 Å². The van der Waals surface area contributed by atoms with E-state index in [0.29, 0.717) is 28.1 Å². The van der Waals surface area contributed by atoms with Crippen LogP contribution in [-0.2, 0) is 0 Å². The summed E-state index contributed by atoms with van der Waals surface area (Å²) in [6.45, 7) is 1.87. The molecule has 6 aromatic rings. The molecule has 0 saturated heterocycles. The Hall–Kier alpha value is -4.40. The minimum Gasteiger partial charge on any atom is -0.278 e. The van der Waals surface area contributed by atoms with Crippen molar-refractivity contribution in [1.29, 1.82) is 0 Å². The van der Waals surface area contributed by atoms with Crippen LogP contribution >= 0.6 is 0 Å². The number of benzene rings is 3. The summed E-state index contributed by atoms with van der Waals surface area (Å²) in [6, 6.07) is 15.3. The van der Waals surface area contributed by atoms with E-state index in [9.17, 15) is 4.39 Å². The van der Waals surface area contributed by atoms with Gasteiger partial charge in [0.05, 0.1) is 34.8 Å². The summed E-state index contributed by atoms with van der Waals surface area (Å²) >= 11 is 0. The highest BCUT2D eigenvalue weighted by molar-refractivity contribution is 5.85. The summed E-state index contributed by atoms with van der Waals surface area (Å²) in [6.07, 6.45) is 3.28. The Kier molecular flexibility index (Phi) is 3.91. The number of fused-ring (bicyclic) bond motifs is 2. The monoisotopic (exact) mass is 427 g/mol. The third-order valence-electron chi connectivity index (χ3n) is 5.44. The van der Waals surface area contributed by atoms with Crippen molar-refractivity contribution < 1.29 is 8.78 Å². The van der Waals surface area contributed by atoms with E-state index in [1.807, 2.05) is 25.1 Å². The Labute approximate surface area is 179 Å². The average Bonchev–Trinajstić information content (AvgIpc) is 3.53. The molecule has 0 aliphatic carbocycles. The molecule has 1 N–H and O–H groups in total. The van der Waals surface area contributed by atoms with Gasteiger partial charge in [0.2, 0.25) is 0 Å². The summed E-state index contributed by atoms with van der Waals surface area (Å²) in [5.41, 5.74) is 4.42. The van der Waals surface area contributed by atoms with Crippen LogP contribution in [0.15, 0.2) is 67.0 Å². The van der Waals surface area contributed by atoms with E-state index in [0.717, 1.165) is 16.5 Å². The summed E-state index contributed by atoms with van der Waals surface area (Å²) in [7, 11) is 0. The summed E-state index contributed by atoms with van der Waals surface area (Å²) < 4.78 is 32.6. The first-order valence-electron chi connectivity index (χ1n) is 9.88. The van der Waals surface area contributed by atoms with Crippen LogP contribution in [0.4, 0.5) is 8.78 Å². The summed E-state index contributed by atoms with van der Waals surface area (Å²) in [4.78, 5) is 0. The third-order valence-corrected chi connectivity index (χ3v) is 5.44. The second-order valence-corrected chi connectivity index (χ2v) is 7.55. The highest BCUT2D eigenvalue weighted by Crippen LogP contribution is 2.30. The van der Waals surface area contributed by atoms with Crippen LogP contribution in [0.25, 0.3) is 44.6 Å². The van der Waals surface area contributed by atoms with Crippen molar-refractivity contribution in [3.05, 3.63) is 84.2 Å². The molecule has 0 aliphatic rings. The third kappa shape index (κ3) is 2.78. The van der Waals surface area contributed by atoms with Gasteiger partial charge in [0.15, 0.2) is 5.82 Å². The topological polar surface area (TPSA) is 77.2 Å². The Morgan fingerprint density at radius 2 is 1.81 bits per heavy atom. The smallest absolute Gasteiger partial charge is 0.153 e. The van der Waals surface area contributed by atoms with Crippen molar-refractivity contribution in [2.45, 2.75) is 6.92 Å². The minimum absolute atomic E-state index is 0.145. The molecular formula is C23H15F2N7. The first-order chi connectivity index (χ1) is 15.6. The van der Waals surface area contributed by atoms with Crippen LogP contribution in [0.1, 0.15) is 5.56 Å². The van der Waals surface area contributed by atoms with Gasteiger partial charge in [-0.05, 0) is 61.0 Å². The SMILES string of the molecule is Cc1ccc(F)c(-n2nccc2-c2cc(F)c3nnn(-c4ccc5cn[nH]c5c4)c3c2)c1. The maximum Gasteiger partial charge on any atom is 0.153 e. The van der Waals surface area contributed by atoms with Crippen molar-refractivity contribution in [2.75, 3.05) is 0 Å². The lowest BCUT2D eigenvalue weighted by Gasteiger charge is -2.10. The Balaban J connectivity index is 1.54. The zero-order valence-corrected chi connectivity index (χ0v) is 16.8. The minimum atomic E-state index is -0.524. The molecule has 0 unspecified atom stereocenters. The van der Waals surface area contributed by atoms with Gasteiger partial charge in [-0.2, -0.15) is 10.2 Å². The second kappa shape index (κ2) is 6.81.